The number of carbonyl (C=O) groups is 4. The fourth-order valence-corrected chi connectivity index (χ4v) is 3.45. The van der Waals surface area contributed by atoms with Gasteiger partial charge in [0.1, 0.15) is 12.3 Å². The van der Waals surface area contributed by atoms with E-state index in [1.165, 1.54) is 18.2 Å². The van der Waals surface area contributed by atoms with Crippen LogP contribution >= 0.6 is 0 Å². The van der Waals surface area contributed by atoms with Crippen molar-refractivity contribution in [2.75, 3.05) is 0 Å². The highest BCUT2D eigenvalue weighted by atomic mass is 16.4. The molecule has 0 radical (unpaired) electrons. The molecule has 0 aliphatic carbocycles. The van der Waals surface area contributed by atoms with Crippen LogP contribution in [-0.2, 0) is 22.4 Å². The van der Waals surface area contributed by atoms with Gasteiger partial charge in [-0.15, -0.1) is 0 Å². The lowest BCUT2D eigenvalue weighted by molar-refractivity contribution is -0.125. The molecule has 0 saturated heterocycles. The third kappa shape index (κ3) is 6.61. The second-order valence-electron chi connectivity index (χ2n) is 7.51. The average Bonchev–Trinajstić information content (AvgIpc) is 2.84. The summed E-state index contributed by atoms with van der Waals surface area (Å²) in [5.74, 6) is -2.46. The number of hydrogen-bond acceptors (Lipinski definition) is 4. The molecule has 2 amide bonds. The maximum absolute atomic E-state index is 13.1. The van der Waals surface area contributed by atoms with E-state index in [1.807, 2.05) is 60.7 Å². The van der Waals surface area contributed by atoms with Crippen LogP contribution in [0.1, 0.15) is 31.8 Å². The predicted molar refractivity (Wildman–Crippen MR) is 123 cm³/mol. The van der Waals surface area contributed by atoms with Crippen LogP contribution < -0.4 is 10.6 Å². The van der Waals surface area contributed by atoms with Crippen molar-refractivity contribution in [1.82, 2.24) is 10.6 Å². The van der Waals surface area contributed by atoms with E-state index in [4.69, 9.17) is 0 Å². The summed E-state index contributed by atoms with van der Waals surface area (Å²) < 4.78 is 0. The quantitative estimate of drug-likeness (QED) is 0.416. The van der Waals surface area contributed by atoms with Crippen molar-refractivity contribution in [2.24, 2.45) is 0 Å². The molecule has 3 aromatic carbocycles. The van der Waals surface area contributed by atoms with E-state index in [0.29, 0.717) is 12.7 Å². The molecule has 0 unspecified atom stereocenters. The molecule has 0 bridgehead atoms. The molecule has 3 N–H and O–H groups in total. The van der Waals surface area contributed by atoms with E-state index in [9.17, 15) is 24.3 Å². The monoisotopic (exact) mass is 444 g/mol. The van der Waals surface area contributed by atoms with E-state index in [1.54, 1.807) is 6.07 Å². The van der Waals surface area contributed by atoms with Crippen molar-refractivity contribution in [3.05, 3.63) is 107 Å². The third-order valence-corrected chi connectivity index (χ3v) is 5.10. The maximum atomic E-state index is 13.1. The van der Waals surface area contributed by atoms with Crippen LogP contribution in [-0.4, -0.2) is 41.3 Å². The fourth-order valence-electron chi connectivity index (χ4n) is 3.45. The van der Waals surface area contributed by atoms with E-state index >= 15 is 0 Å². The molecule has 0 spiro atoms. The van der Waals surface area contributed by atoms with Gasteiger partial charge in [0, 0.05) is 6.42 Å². The number of hydrogen-bond donors (Lipinski definition) is 3. The minimum Gasteiger partial charge on any atom is -0.478 e. The van der Waals surface area contributed by atoms with Gasteiger partial charge < -0.3 is 20.5 Å². The SMILES string of the molecule is O=C[C@H](Cc1ccccc1)NC(=O)[C@H](Cc1ccccc1)NC(=O)c1ccccc1C(=O)O. The molecule has 0 aromatic heterocycles. The summed E-state index contributed by atoms with van der Waals surface area (Å²) in [6.45, 7) is 0. The van der Waals surface area contributed by atoms with Gasteiger partial charge in [-0.25, -0.2) is 4.79 Å². The van der Waals surface area contributed by atoms with Crippen molar-refractivity contribution in [2.45, 2.75) is 24.9 Å². The molecule has 7 nitrogen and oxygen atoms in total. The minimum atomic E-state index is -1.24. The number of aromatic carboxylic acids is 1. The first-order valence-corrected chi connectivity index (χ1v) is 10.4. The van der Waals surface area contributed by atoms with Crippen LogP contribution in [0.15, 0.2) is 84.9 Å². The molecule has 168 valence electrons. The van der Waals surface area contributed by atoms with Crippen molar-refractivity contribution in [1.29, 1.82) is 0 Å². The first kappa shape index (κ1) is 23.4. The molecule has 33 heavy (non-hydrogen) atoms. The van der Waals surface area contributed by atoms with Crippen LogP contribution in [0.3, 0.4) is 0 Å². The molecule has 0 saturated carbocycles. The van der Waals surface area contributed by atoms with Crippen molar-refractivity contribution >= 4 is 24.1 Å². The highest BCUT2D eigenvalue weighted by Crippen LogP contribution is 2.11. The summed E-state index contributed by atoms with van der Waals surface area (Å²) in [5, 5.41) is 14.7. The molecule has 0 heterocycles. The molecule has 2 atom stereocenters. The number of aldehydes is 1. The zero-order chi connectivity index (χ0) is 23.6. The van der Waals surface area contributed by atoms with Crippen LogP contribution in [0.2, 0.25) is 0 Å². The first-order valence-electron chi connectivity index (χ1n) is 10.4. The maximum Gasteiger partial charge on any atom is 0.336 e. The molecule has 0 aliphatic heterocycles. The zero-order valence-electron chi connectivity index (χ0n) is 17.8. The Hall–Kier alpha value is -4.26. The average molecular weight is 444 g/mol. The molecule has 3 aromatic rings. The number of carbonyl (C=O) groups excluding carboxylic acids is 3. The van der Waals surface area contributed by atoms with Gasteiger partial charge in [-0.05, 0) is 29.7 Å². The summed E-state index contributed by atoms with van der Waals surface area (Å²) in [4.78, 5) is 49.1. The normalized spacial score (nSPS) is 12.2. The second kappa shape index (κ2) is 11.4. The molecular formula is C26H24N2O5. The van der Waals surface area contributed by atoms with Crippen LogP contribution in [0, 0.1) is 0 Å². The summed E-state index contributed by atoms with van der Waals surface area (Å²) >= 11 is 0. The summed E-state index contributed by atoms with van der Waals surface area (Å²) in [6.07, 6.45) is 1.14. The molecule has 0 aliphatic rings. The van der Waals surface area contributed by atoms with Gasteiger partial charge >= 0.3 is 5.97 Å². The minimum absolute atomic E-state index is 0.0490. The summed E-state index contributed by atoms with van der Waals surface area (Å²) in [5.41, 5.74) is 1.47. The molecule has 7 heteroatoms. The molecular weight excluding hydrogens is 420 g/mol. The number of benzene rings is 3. The highest BCUT2D eigenvalue weighted by molar-refractivity contribution is 6.06. The van der Waals surface area contributed by atoms with Crippen LogP contribution in [0.25, 0.3) is 0 Å². The lowest BCUT2D eigenvalue weighted by atomic mass is 10.0. The Morgan fingerprint density at radius 2 is 1.24 bits per heavy atom. The Morgan fingerprint density at radius 1 is 0.727 bits per heavy atom. The second-order valence-corrected chi connectivity index (χ2v) is 7.51. The number of rotatable bonds is 10. The van der Waals surface area contributed by atoms with Crippen LogP contribution in [0.5, 0.6) is 0 Å². The van der Waals surface area contributed by atoms with E-state index in [2.05, 4.69) is 10.6 Å². The molecule has 0 fully saturated rings. The van der Waals surface area contributed by atoms with Gasteiger partial charge in [-0.3, -0.25) is 9.59 Å². The molecule has 3 rings (SSSR count). The van der Waals surface area contributed by atoms with Crippen molar-refractivity contribution in [3.8, 4) is 0 Å². The summed E-state index contributed by atoms with van der Waals surface area (Å²) in [6, 6.07) is 22.4. The van der Waals surface area contributed by atoms with Gasteiger partial charge in [0.05, 0.1) is 17.2 Å². The lowest BCUT2D eigenvalue weighted by Gasteiger charge is -2.21. The number of carboxylic acid groups (broad SMARTS) is 1. The highest BCUT2D eigenvalue weighted by Gasteiger charge is 2.26. The standard InChI is InChI=1S/C26H24N2O5/c29-17-20(15-18-9-3-1-4-10-18)27-25(31)23(16-19-11-5-2-6-12-19)28-24(30)21-13-7-8-14-22(21)26(32)33/h1-14,17,20,23H,15-16H2,(H,27,31)(H,28,30)(H,32,33)/t20-,23-/m0/s1. The van der Waals surface area contributed by atoms with Gasteiger partial charge in [0.15, 0.2) is 0 Å². The van der Waals surface area contributed by atoms with Gasteiger partial charge in [-0.1, -0.05) is 72.8 Å². The Labute approximate surface area is 191 Å². The lowest BCUT2D eigenvalue weighted by Crippen LogP contribution is -2.51. The smallest absolute Gasteiger partial charge is 0.336 e. The van der Waals surface area contributed by atoms with E-state index in [-0.39, 0.29) is 17.5 Å². The van der Waals surface area contributed by atoms with Crippen molar-refractivity contribution in [3.63, 3.8) is 0 Å². The van der Waals surface area contributed by atoms with Gasteiger partial charge in [-0.2, -0.15) is 0 Å². The van der Waals surface area contributed by atoms with Crippen molar-refractivity contribution < 1.29 is 24.3 Å². The first-order chi connectivity index (χ1) is 16.0. The van der Waals surface area contributed by atoms with Gasteiger partial charge in [0.2, 0.25) is 5.91 Å². The van der Waals surface area contributed by atoms with Gasteiger partial charge in [0.25, 0.3) is 5.91 Å². The largest absolute Gasteiger partial charge is 0.478 e. The number of carboxylic acids is 1. The summed E-state index contributed by atoms with van der Waals surface area (Å²) in [7, 11) is 0. The van der Waals surface area contributed by atoms with Crippen LogP contribution in [0.4, 0.5) is 0 Å². The number of nitrogens with one attached hydrogen (secondary N) is 2. The Balaban J connectivity index is 1.80. The number of amides is 2. The predicted octanol–water partition coefficient (Wildman–Crippen LogP) is 2.65. The van der Waals surface area contributed by atoms with E-state index < -0.39 is 29.9 Å². The Kier molecular flexibility index (Phi) is 8.07. The van der Waals surface area contributed by atoms with E-state index in [0.717, 1.165) is 11.1 Å². The Morgan fingerprint density at radius 3 is 1.79 bits per heavy atom. The Bertz CT molecular complexity index is 1120. The zero-order valence-corrected chi connectivity index (χ0v) is 17.8. The topological polar surface area (TPSA) is 113 Å². The fraction of sp³-hybridized carbons (Fsp3) is 0.154. The third-order valence-electron chi connectivity index (χ3n) is 5.10.